The molecule has 0 aromatic heterocycles. The first-order chi connectivity index (χ1) is 7.65. The van der Waals surface area contributed by atoms with Crippen LogP contribution in [0.5, 0.6) is 5.75 Å². The monoisotopic (exact) mass is 283 g/mol. The van der Waals surface area contributed by atoms with E-state index in [4.69, 9.17) is 10.5 Å². The van der Waals surface area contributed by atoms with Crippen molar-refractivity contribution in [3.05, 3.63) is 22.7 Å². The van der Waals surface area contributed by atoms with Gasteiger partial charge in [0.25, 0.3) is 0 Å². The maximum Gasteiger partial charge on any atom is 0.142 e. The van der Waals surface area contributed by atoms with Gasteiger partial charge in [-0.25, -0.2) is 0 Å². The predicted octanol–water partition coefficient (Wildman–Crippen LogP) is 3.99. The van der Waals surface area contributed by atoms with Gasteiger partial charge in [0, 0.05) is 4.47 Å². The van der Waals surface area contributed by atoms with Crippen LogP contribution in [0.15, 0.2) is 22.7 Å². The Morgan fingerprint density at radius 3 is 2.56 bits per heavy atom. The second-order valence-electron chi connectivity index (χ2n) is 4.68. The average Bonchev–Trinajstić information content (AvgIpc) is 2.25. The molecule has 0 heterocycles. The molecule has 0 unspecified atom stereocenters. The molecule has 1 saturated carbocycles. The number of anilines is 1. The van der Waals surface area contributed by atoms with Gasteiger partial charge in [-0.15, -0.1) is 0 Å². The van der Waals surface area contributed by atoms with Crippen LogP contribution < -0.4 is 10.5 Å². The smallest absolute Gasteiger partial charge is 0.142 e. The molecule has 0 saturated heterocycles. The Morgan fingerprint density at radius 2 is 1.94 bits per heavy atom. The lowest BCUT2D eigenvalue weighted by atomic mass is 9.89. The Hall–Kier alpha value is -0.700. The van der Waals surface area contributed by atoms with E-state index in [2.05, 4.69) is 22.9 Å². The molecule has 2 N–H and O–H groups in total. The van der Waals surface area contributed by atoms with E-state index < -0.39 is 0 Å². The third-order valence-electron chi connectivity index (χ3n) is 3.23. The lowest BCUT2D eigenvalue weighted by Gasteiger charge is -2.27. The highest BCUT2D eigenvalue weighted by atomic mass is 79.9. The van der Waals surface area contributed by atoms with Crippen LogP contribution >= 0.6 is 15.9 Å². The van der Waals surface area contributed by atoms with Crippen LogP contribution in [0.4, 0.5) is 5.69 Å². The number of nitrogen functional groups attached to an aromatic ring is 1. The van der Waals surface area contributed by atoms with Crippen LogP contribution in [0.3, 0.4) is 0 Å². The number of ether oxygens (including phenoxy) is 1. The van der Waals surface area contributed by atoms with Crippen molar-refractivity contribution >= 4 is 21.6 Å². The minimum atomic E-state index is 0.347. The van der Waals surface area contributed by atoms with E-state index >= 15 is 0 Å². The van der Waals surface area contributed by atoms with Crippen LogP contribution in [0.1, 0.15) is 32.6 Å². The molecule has 0 spiro atoms. The summed E-state index contributed by atoms with van der Waals surface area (Å²) in [7, 11) is 0. The highest BCUT2D eigenvalue weighted by Gasteiger charge is 2.20. The van der Waals surface area contributed by atoms with Gasteiger partial charge >= 0.3 is 0 Å². The minimum absolute atomic E-state index is 0.347. The molecule has 16 heavy (non-hydrogen) atoms. The van der Waals surface area contributed by atoms with Crippen LogP contribution in [-0.4, -0.2) is 6.10 Å². The standard InChI is InChI=1S/C13H18BrNO/c1-9-2-5-11(6-3-9)16-13-7-4-10(14)8-12(13)15/h4,7-9,11H,2-3,5-6,15H2,1H3. The molecule has 3 heteroatoms. The van der Waals surface area contributed by atoms with E-state index in [0.29, 0.717) is 11.8 Å². The van der Waals surface area contributed by atoms with Gasteiger partial charge in [0.15, 0.2) is 0 Å². The SMILES string of the molecule is CC1CCC(Oc2ccc(Br)cc2N)CC1. The zero-order chi connectivity index (χ0) is 11.5. The van der Waals surface area contributed by atoms with Crippen LogP contribution in [0, 0.1) is 5.92 Å². The third-order valence-corrected chi connectivity index (χ3v) is 3.72. The van der Waals surface area contributed by atoms with Crippen LogP contribution in [0.25, 0.3) is 0 Å². The van der Waals surface area contributed by atoms with E-state index in [-0.39, 0.29) is 0 Å². The molecule has 88 valence electrons. The normalized spacial score (nSPS) is 25.4. The summed E-state index contributed by atoms with van der Waals surface area (Å²) in [6.07, 6.45) is 5.18. The molecule has 1 aliphatic carbocycles. The maximum absolute atomic E-state index is 5.94. The lowest BCUT2D eigenvalue weighted by Crippen LogP contribution is -2.23. The molecule has 0 aliphatic heterocycles. The fraction of sp³-hybridized carbons (Fsp3) is 0.538. The molecule has 1 fully saturated rings. The van der Waals surface area contributed by atoms with Gasteiger partial charge in [-0.3, -0.25) is 0 Å². The molecule has 0 radical (unpaired) electrons. The summed E-state index contributed by atoms with van der Waals surface area (Å²) >= 11 is 3.39. The molecule has 0 atom stereocenters. The molecular formula is C13H18BrNO. The average molecular weight is 284 g/mol. The largest absolute Gasteiger partial charge is 0.488 e. The Morgan fingerprint density at radius 1 is 1.25 bits per heavy atom. The molecular weight excluding hydrogens is 266 g/mol. The van der Waals surface area contributed by atoms with Crippen LogP contribution in [-0.2, 0) is 0 Å². The number of hydrogen-bond donors (Lipinski definition) is 1. The molecule has 0 amide bonds. The first-order valence-corrected chi connectivity index (χ1v) is 6.66. The van der Waals surface area contributed by atoms with Gasteiger partial charge < -0.3 is 10.5 Å². The summed E-state index contributed by atoms with van der Waals surface area (Å²) in [5, 5.41) is 0. The molecule has 0 bridgehead atoms. The third kappa shape index (κ3) is 2.91. The van der Waals surface area contributed by atoms with E-state index in [1.807, 2.05) is 18.2 Å². The quantitative estimate of drug-likeness (QED) is 0.833. The topological polar surface area (TPSA) is 35.2 Å². The van der Waals surface area contributed by atoms with Crippen molar-refractivity contribution in [3.63, 3.8) is 0 Å². The van der Waals surface area contributed by atoms with Gasteiger partial charge in [-0.2, -0.15) is 0 Å². The van der Waals surface area contributed by atoms with Crippen molar-refractivity contribution in [1.29, 1.82) is 0 Å². The van der Waals surface area contributed by atoms with E-state index in [0.717, 1.165) is 29.0 Å². The molecule has 2 rings (SSSR count). The Labute approximate surface area is 105 Å². The van der Waals surface area contributed by atoms with Crippen molar-refractivity contribution in [3.8, 4) is 5.75 Å². The number of hydrogen-bond acceptors (Lipinski definition) is 2. The van der Waals surface area contributed by atoms with Crippen molar-refractivity contribution in [2.75, 3.05) is 5.73 Å². The van der Waals surface area contributed by atoms with E-state index in [9.17, 15) is 0 Å². The lowest BCUT2D eigenvalue weighted by molar-refractivity contribution is 0.136. The fourth-order valence-corrected chi connectivity index (χ4v) is 2.53. The summed E-state index contributed by atoms with van der Waals surface area (Å²) in [5.41, 5.74) is 6.63. The summed E-state index contributed by atoms with van der Waals surface area (Å²) in [6, 6.07) is 5.80. The highest BCUT2D eigenvalue weighted by molar-refractivity contribution is 9.10. The van der Waals surface area contributed by atoms with Crippen LogP contribution in [0.2, 0.25) is 0 Å². The zero-order valence-corrected chi connectivity index (χ0v) is 11.2. The van der Waals surface area contributed by atoms with Gasteiger partial charge in [0.2, 0.25) is 0 Å². The Balaban J connectivity index is 1.98. The van der Waals surface area contributed by atoms with Gasteiger partial charge in [-0.05, 0) is 49.8 Å². The van der Waals surface area contributed by atoms with Gasteiger partial charge in [0.05, 0.1) is 11.8 Å². The fourth-order valence-electron chi connectivity index (χ4n) is 2.15. The van der Waals surface area contributed by atoms with Crippen molar-refractivity contribution in [2.24, 2.45) is 5.92 Å². The maximum atomic E-state index is 5.94. The highest BCUT2D eigenvalue weighted by Crippen LogP contribution is 2.31. The number of halogens is 1. The van der Waals surface area contributed by atoms with E-state index in [1.54, 1.807) is 0 Å². The summed E-state index contributed by atoms with van der Waals surface area (Å²) in [6.45, 7) is 2.31. The molecule has 1 aliphatic rings. The number of nitrogens with two attached hydrogens (primary N) is 1. The Kier molecular flexibility index (Phi) is 3.74. The van der Waals surface area contributed by atoms with Gasteiger partial charge in [-0.1, -0.05) is 22.9 Å². The van der Waals surface area contributed by atoms with Crippen molar-refractivity contribution in [2.45, 2.75) is 38.7 Å². The summed E-state index contributed by atoms with van der Waals surface area (Å²) in [4.78, 5) is 0. The number of rotatable bonds is 2. The van der Waals surface area contributed by atoms with Crippen molar-refractivity contribution in [1.82, 2.24) is 0 Å². The number of benzene rings is 1. The first-order valence-electron chi connectivity index (χ1n) is 5.87. The minimum Gasteiger partial charge on any atom is -0.488 e. The zero-order valence-electron chi connectivity index (χ0n) is 9.58. The second kappa shape index (κ2) is 5.09. The van der Waals surface area contributed by atoms with Gasteiger partial charge in [0.1, 0.15) is 5.75 Å². The molecule has 1 aromatic carbocycles. The predicted molar refractivity (Wildman–Crippen MR) is 70.6 cm³/mol. The summed E-state index contributed by atoms with van der Waals surface area (Å²) < 4.78 is 6.94. The Bertz CT molecular complexity index is 359. The molecule has 1 aromatic rings. The second-order valence-corrected chi connectivity index (χ2v) is 5.60. The summed E-state index contributed by atoms with van der Waals surface area (Å²) in [5.74, 6) is 1.67. The van der Waals surface area contributed by atoms with Crippen molar-refractivity contribution < 1.29 is 4.74 Å². The van der Waals surface area contributed by atoms with E-state index in [1.165, 1.54) is 12.8 Å². The first kappa shape index (κ1) is 11.8. The molecule has 2 nitrogen and oxygen atoms in total.